The quantitative estimate of drug-likeness (QED) is 0.704. The monoisotopic (exact) mass is 380 g/mol. The fourth-order valence-electron chi connectivity index (χ4n) is 2.77. The van der Waals surface area contributed by atoms with Crippen LogP contribution in [0.3, 0.4) is 0 Å². The van der Waals surface area contributed by atoms with Gasteiger partial charge in [0.25, 0.3) is 5.91 Å². The summed E-state index contributed by atoms with van der Waals surface area (Å²) in [4.78, 5) is 23.6. The van der Waals surface area contributed by atoms with Crippen molar-refractivity contribution < 1.29 is 23.1 Å². The van der Waals surface area contributed by atoms with E-state index in [0.717, 1.165) is 19.3 Å². The number of nitrogens with zero attached hydrogens (tertiary/aromatic N) is 1. The second kappa shape index (κ2) is 8.95. The lowest BCUT2D eigenvalue weighted by Gasteiger charge is -2.25. The number of carboxylic acids is 1. The molecule has 1 aliphatic heterocycles. The lowest BCUT2D eigenvalue weighted by molar-refractivity contribution is -0.139. The number of nitrogens with one attached hydrogen (secondary N) is 1. The molecule has 1 aromatic rings. The fraction of sp³-hybridized carbons (Fsp3) is 0.444. The summed E-state index contributed by atoms with van der Waals surface area (Å²) < 4.78 is 26.6. The summed E-state index contributed by atoms with van der Waals surface area (Å²) in [7, 11) is -3.55. The number of benzene rings is 1. The molecule has 2 rings (SSSR count). The number of carbonyl (C=O) groups is 2. The van der Waals surface area contributed by atoms with E-state index < -0.39 is 27.9 Å². The number of rotatable bonds is 7. The van der Waals surface area contributed by atoms with Gasteiger partial charge in [-0.25, -0.2) is 13.2 Å². The van der Waals surface area contributed by atoms with Gasteiger partial charge in [0.15, 0.2) is 0 Å². The van der Waals surface area contributed by atoms with Crippen LogP contribution in [-0.4, -0.2) is 48.8 Å². The SMILES string of the molecule is C/C=C/CC(NC(=O)c1ccc(S(=O)(=O)N2CCCCC2)cc1)C(=O)O. The number of aliphatic carboxylic acids is 1. The van der Waals surface area contributed by atoms with E-state index in [2.05, 4.69) is 5.32 Å². The van der Waals surface area contributed by atoms with Gasteiger partial charge in [-0.05, 0) is 50.5 Å². The standard InChI is InChI=1S/C18H24N2O5S/c1-2-3-7-16(18(22)23)19-17(21)14-8-10-15(11-9-14)26(24,25)20-12-5-4-6-13-20/h2-3,8-11,16H,4-7,12-13H2,1H3,(H,19,21)(H,22,23)/b3-2+. The first-order chi connectivity index (χ1) is 12.4. The van der Waals surface area contributed by atoms with Crippen LogP contribution in [0.5, 0.6) is 0 Å². The van der Waals surface area contributed by atoms with E-state index in [1.165, 1.54) is 28.6 Å². The Morgan fingerprint density at radius 1 is 1.19 bits per heavy atom. The molecule has 0 saturated carbocycles. The van der Waals surface area contributed by atoms with Gasteiger partial charge < -0.3 is 10.4 Å². The summed E-state index contributed by atoms with van der Waals surface area (Å²) in [5.74, 6) is -1.68. The van der Waals surface area contributed by atoms with Gasteiger partial charge in [0.05, 0.1) is 4.90 Å². The molecule has 1 unspecified atom stereocenters. The van der Waals surface area contributed by atoms with E-state index in [-0.39, 0.29) is 16.9 Å². The first-order valence-corrected chi connectivity index (χ1v) is 10.1. The lowest BCUT2D eigenvalue weighted by Crippen LogP contribution is -2.40. The molecule has 1 aromatic carbocycles. The Morgan fingerprint density at radius 2 is 1.81 bits per heavy atom. The second-order valence-electron chi connectivity index (χ2n) is 6.16. The smallest absolute Gasteiger partial charge is 0.326 e. The van der Waals surface area contributed by atoms with Gasteiger partial charge in [0.2, 0.25) is 10.0 Å². The first kappa shape index (κ1) is 20.1. The zero-order valence-electron chi connectivity index (χ0n) is 14.7. The summed E-state index contributed by atoms with van der Waals surface area (Å²) in [6.07, 6.45) is 6.28. The van der Waals surface area contributed by atoms with Gasteiger partial charge in [-0.1, -0.05) is 18.6 Å². The van der Waals surface area contributed by atoms with Crippen LogP contribution in [0.15, 0.2) is 41.3 Å². The predicted molar refractivity (Wildman–Crippen MR) is 97.4 cm³/mol. The van der Waals surface area contributed by atoms with Gasteiger partial charge in [-0.2, -0.15) is 4.31 Å². The predicted octanol–water partition coefficient (Wildman–Crippen LogP) is 2.01. The van der Waals surface area contributed by atoms with E-state index in [1.54, 1.807) is 19.1 Å². The van der Waals surface area contributed by atoms with Crippen molar-refractivity contribution in [3.63, 3.8) is 0 Å². The van der Waals surface area contributed by atoms with Gasteiger partial charge >= 0.3 is 5.97 Å². The molecule has 1 heterocycles. The molecule has 0 spiro atoms. The summed E-state index contributed by atoms with van der Waals surface area (Å²) in [5.41, 5.74) is 0.217. The Labute approximate surface area is 153 Å². The van der Waals surface area contributed by atoms with Crippen molar-refractivity contribution in [2.24, 2.45) is 0 Å². The van der Waals surface area contributed by atoms with Gasteiger partial charge in [0.1, 0.15) is 6.04 Å². The van der Waals surface area contributed by atoms with Crippen molar-refractivity contribution in [1.29, 1.82) is 0 Å². The Morgan fingerprint density at radius 3 is 2.35 bits per heavy atom. The van der Waals surface area contributed by atoms with E-state index >= 15 is 0 Å². The maximum atomic E-state index is 12.6. The van der Waals surface area contributed by atoms with E-state index in [1.807, 2.05) is 0 Å². The van der Waals surface area contributed by atoms with E-state index in [9.17, 15) is 18.0 Å². The fourth-order valence-corrected chi connectivity index (χ4v) is 4.28. The van der Waals surface area contributed by atoms with Crippen LogP contribution in [0.2, 0.25) is 0 Å². The van der Waals surface area contributed by atoms with Crippen LogP contribution in [0.1, 0.15) is 43.0 Å². The highest BCUT2D eigenvalue weighted by Crippen LogP contribution is 2.20. The largest absolute Gasteiger partial charge is 0.480 e. The molecule has 1 aliphatic rings. The third kappa shape index (κ3) is 4.92. The van der Waals surface area contributed by atoms with E-state index in [4.69, 9.17) is 5.11 Å². The Hall–Kier alpha value is -2.19. The lowest BCUT2D eigenvalue weighted by atomic mass is 10.1. The highest BCUT2D eigenvalue weighted by atomic mass is 32.2. The number of hydrogen-bond acceptors (Lipinski definition) is 4. The highest BCUT2D eigenvalue weighted by molar-refractivity contribution is 7.89. The topological polar surface area (TPSA) is 104 Å². The molecule has 7 nitrogen and oxygen atoms in total. The average molecular weight is 380 g/mol. The van der Waals surface area contributed by atoms with Crippen molar-refractivity contribution in [2.45, 2.75) is 43.5 Å². The Kier molecular flexibility index (Phi) is 6.93. The molecule has 0 aromatic heterocycles. The van der Waals surface area contributed by atoms with Crippen LogP contribution in [0.25, 0.3) is 0 Å². The number of piperidine rings is 1. The maximum Gasteiger partial charge on any atom is 0.326 e. The number of allylic oxidation sites excluding steroid dienone is 1. The Bertz CT molecular complexity index is 765. The highest BCUT2D eigenvalue weighted by Gasteiger charge is 2.26. The molecule has 8 heteroatoms. The molecular formula is C18H24N2O5S. The van der Waals surface area contributed by atoms with Gasteiger partial charge in [-0.15, -0.1) is 0 Å². The summed E-state index contributed by atoms with van der Waals surface area (Å²) in [6.45, 7) is 2.79. The number of carbonyl (C=O) groups excluding carboxylic acids is 1. The maximum absolute atomic E-state index is 12.6. The van der Waals surface area contributed by atoms with Crippen molar-refractivity contribution in [2.75, 3.05) is 13.1 Å². The minimum absolute atomic E-state index is 0.139. The summed E-state index contributed by atoms with van der Waals surface area (Å²) in [5, 5.41) is 11.6. The van der Waals surface area contributed by atoms with Crippen LogP contribution in [-0.2, 0) is 14.8 Å². The minimum atomic E-state index is -3.55. The van der Waals surface area contributed by atoms with Crippen molar-refractivity contribution in [3.8, 4) is 0 Å². The molecule has 1 atom stereocenters. The Balaban J connectivity index is 2.10. The van der Waals surface area contributed by atoms with Crippen molar-refractivity contribution in [3.05, 3.63) is 42.0 Å². The molecule has 0 aliphatic carbocycles. The molecule has 26 heavy (non-hydrogen) atoms. The molecule has 0 radical (unpaired) electrons. The van der Waals surface area contributed by atoms with Crippen LogP contribution >= 0.6 is 0 Å². The van der Waals surface area contributed by atoms with Crippen LogP contribution in [0, 0.1) is 0 Å². The number of sulfonamides is 1. The number of carboxylic acid groups (broad SMARTS) is 1. The normalized spacial score (nSPS) is 17.1. The molecule has 1 fully saturated rings. The molecule has 0 bridgehead atoms. The van der Waals surface area contributed by atoms with Gasteiger partial charge in [0, 0.05) is 18.7 Å². The molecule has 1 saturated heterocycles. The molecule has 2 N–H and O–H groups in total. The number of amides is 1. The summed E-state index contributed by atoms with van der Waals surface area (Å²) in [6, 6.07) is 4.55. The minimum Gasteiger partial charge on any atom is -0.480 e. The third-order valence-electron chi connectivity index (χ3n) is 4.28. The van der Waals surface area contributed by atoms with Crippen LogP contribution in [0.4, 0.5) is 0 Å². The van der Waals surface area contributed by atoms with Gasteiger partial charge in [-0.3, -0.25) is 4.79 Å². The molecule has 142 valence electrons. The van der Waals surface area contributed by atoms with Crippen molar-refractivity contribution in [1.82, 2.24) is 9.62 Å². The zero-order valence-corrected chi connectivity index (χ0v) is 15.5. The van der Waals surface area contributed by atoms with E-state index in [0.29, 0.717) is 13.1 Å². The number of hydrogen-bond donors (Lipinski definition) is 2. The first-order valence-electron chi connectivity index (χ1n) is 8.61. The average Bonchev–Trinajstić information content (AvgIpc) is 2.65. The summed E-state index contributed by atoms with van der Waals surface area (Å²) >= 11 is 0. The second-order valence-corrected chi connectivity index (χ2v) is 8.10. The molecule has 1 amide bonds. The zero-order chi connectivity index (χ0) is 19.2. The third-order valence-corrected chi connectivity index (χ3v) is 6.19. The molecular weight excluding hydrogens is 356 g/mol. The van der Waals surface area contributed by atoms with Crippen molar-refractivity contribution >= 4 is 21.9 Å². The van der Waals surface area contributed by atoms with Crippen LogP contribution < -0.4 is 5.32 Å².